The van der Waals surface area contributed by atoms with Crippen LogP contribution < -0.4 is 15.4 Å². The Hall–Kier alpha value is -4.51. The lowest BCUT2D eigenvalue weighted by atomic mass is 10.1. The fourth-order valence-electron chi connectivity index (χ4n) is 8.22. The molecule has 2 unspecified atom stereocenters. The van der Waals surface area contributed by atoms with Crippen molar-refractivity contribution in [2.24, 2.45) is 23.5 Å². The third-order valence-corrected chi connectivity index (χ3v) is 10.8. The van der Waals surface area contributed by atoms with Gasteiger partial charge in [-0.2, -0.15) is 0 Å². The Morgan fingerprint density at radius 1 is 0.935 bits per heavy atom. The molecule has 236 valence electrons. The zero-order valence-corrected chi connectivity index (χ0v) is 26.1. The van der Waals surface area contributed by atoms with Crippen LogP contribution in [0.15, 0.2) is 55.0 Å². The summed E-state index contributed by atoms with van der Waals surface area (Å²) in [5.41, 5.74) is 10.8. The number of carbonyl (C=O) groups is 1. The highest BCUT2D eigenvalue weighted by molar-refractivity contribution is 6.00. The zero-order valence-electron chi connectivity index (χ0n) is 26.1. The number of anilines is 1. The highest BCUT2D eigenvalue weighted by Crippen LogP contribution is 2.41. The average Bonchev–Trinajstić information content (AvgIpc) is 3.40. The molecule has 46 heavy (non-hydrogen) atoms. The predicted octanol–water partition coefficient (Wildman–Crippen LogP) is 4.35. The van der Waals surface area contributed by atoms with Crippen LogP contribution in [0.2, 0.25) is 0 Å². The maximum absolute atomic E-state index is 14.0. The summed E-state index contributed by atoms with van der Waals surface area (Å²) in [6.45, 7) is 4.15. The standard InChI is InChI=1S/C35H39N9O2/c1-46-29-16-25(34(45)43-20-24-7-8-27(43)30(24)36)14-26-31(29)44(19-22-9-13-41(17-22)35-38-11-3-12-39-35)33(40-26)28-15-23-4-2-10-37-32(23)42(28)18-21-5-6-21/h2-4,10-12,14-16,21-22,24,27,30H,5-9,13,17-20,36H2,1H3/t22-,24?,27?,30+/m0/s1. The number of fused-ring (bicyclic) bond motifs is 4. The molecule has 2 aliphatic carbocycles. The highest BCUT2D eigenvalue weighted by atomic mass is 16.5. The van der Waals surface area contributed by atoms with E-state index in [0.29, 0.717) is 29.1 Å². The monoisotopic (exact) mass is 617 g/mol. The molecule has 0 radical (unpaired) electrons. The van der Waals surface area contributed by atoms with Crippen molar-refractivity contribution in [2.75, 3.05) is 31.6 Å². The van der Waals surface area contributed by atoms with Gasteiger partial charge in [-0.1, -0.05) is 0 Å². The number of aromatic nitrogens is 6. The van der Waals surface area contributed by atoms with E-state index in [1.165, 1.54) is 12.8 Å². The molecule has 1 amide bonds. The molecule has 5 aromatic rings. The van der Waals surface area contributed by atoms with Gasteiger partial charge < -0.3 is 29.4 Å². The molecule has 6 heterocycles. The molecule has 11 nitrogen and oxygen atoms in total. The van der Waals surface area contributed by atoms with Crippen LogP contribution in [0.4, 0.5) is 5.95 Å². The van der Waals surface area contributed by atoms with Crippen LogP contribution in [-0.2, 0) is 13.1 Å². The molecule has 0 spiro atoms. The van der Waals surface area contributed by atoms with E-state index in [4.69, 9.17) is 20.4 Å². The summed E-state index contributed by atoms with van der Waals surface area (Å²) in [5, 5.41) is 1.10. The lowest BCUT2D eigenvalue weighted by Crippen LogP contribution is -2.41. The number of hydrogen-bond acceptors (Lipinski definition) is 8. The van der Waals surface area contributed by atoms with Crippen molar-refractivity contribution in [3.63, 3.8) is 0 Å². The molecule has 2 aliphatic heterocycles. The zero-order chi connectivity index (χ0) is 30.9. The lowest BCUT2D eigenvalue weighted by Gasteiger charge is -2.27. The van der Waals surface area contributed by atoms with Crippen LogP contribution in [0.5, 0.6) is 5.75 Å². The van der Waals surface area contributed by atoms with Crippen molar-refractivity contribution in [1.29, 1.82) is 0 Å². The van der Waals surface area contributed by atoms with Crippen LogP contribution in [-0.4, -0.2) is 78.7 Å². The van der Waals surface area contributed by atoms with Crippen molar-refractivity contribution in [2.45, 2.75) is 57.3 Å². The molecule has 2 N–H and O–H groups in total. The predicted molar refractivity (Wildman–Crippen MR) is 176 cm³/mol. The molecule has 2 saturated carbocycles. The third-order valence-electron chi connectivity index (χ3n) is 10.8. The normalized spacial score (nSPS) is 24.1. The number of benzene rings is 1. The van der Waals surface area contributed by atoms with Gasteiger partial charge in [0, 0.05) is 74.3 Å². The summed E-state index contributed by atoms with van der Waals surface area (Å²) in [5.74, 6) is 3.73. The Labute approximate surface area is 267 Å². The van der Waals surface area contributed by atoms with Gasteiger partial charge in [-0.15, -0.1) is 0 Å². The summed E-state index contributed by atoms with van der Waals surface area (Å²) in [4.78, 5) is 37.3. The Bertz CT molecular complexity index is 1950. The van der Waals surface area contributed by atoms with E-state index in [-0.39, 0.29) is 18.0 Å². The molecule has 11 heteroatoms. The molecule has 2 saturated heterocycles. The third kappa shape index (κ3) is 4.54. The first-order valence-electron chi connectivity index (χ1n) is 16.7. The van der Waals surface area contributed by atoms with Crippen LogP contribution in [0.25, 0.3) is 33.6 Å². The minimum Gasteiger partial charge on any atom is -0.494 e. The first-order valence-corrected chi connectivity index (χ1v) is 16.7. The molecular weight excluding hydrogens is 578 g/mol. The second-order valence-electron chi connectivity index (χ2n) is 13.7. The number of nitrogens with two attached hydrogens (primary N) is 1. The van der Waals surface area contributed by atoms with Gasteiger partial charge >= 0.3 is 0 Å². The van der Waals surface area contributed by atoms with Gasteiger partial charge in [-0.25, -0.2) is 19.9 Å². The van der Waals surface area contributed by atoms with E-state index in [2.05, 4.69) is 36.1 Å². The van der Waals surface area contributed by atoms with Crippen molar-refractivity contribution >= 4 is 33.9 Å². The smallest absolute Gasteiger partial charge is 0.254 e. The lowest BCUT2D eigenvalue weighted by molar-refractivity contribution is 0.0700. The van der Waals surface area contributed by atoms with E-state index in [0.717, 1.165) is 91.5 Å². The number of imidazole rings is 1. The number of carbonyl (C=O) groups excluding carboxylic acids is 1. The van der Waals surface area contributed by atoms with Crippen molar-refractivity contribution < 1.29 is 9.53 Å². The van der Waals surface area contributed by atoms with Gasteiger partial charge in [0.2, 0.25) is 5.95 Å². The molecular formula is C35H39N9O2. The van der Waals surface area contributed by atoms with E-state index in [1.807, 2.05) is 35.4 Å². The van der Waals surface area contributed by atoms with Crippen LogP contribution >= 0.6 is 0 Å². The average molecular weight is 618 g/mol. The van der Waals surface area contributed by atoms with Crippen molar-refractivity contribution in [3.05, 3.63) is 60.6 Å². The second kappa shape index (κ2) is 10.8. The van der Waals surface area contributed by atoms with Crippen LogP contribution in [0, 0.1) is 17.8 Å². The SMILES string of the molecule is COc1cc(C(=O)N2CC3CCC2[C@@H]3N)cc2nc(-c3cc4cccnc4n3CC3CC3)n(C[C@H]3CCN(c4ncccn4)C3)c12. The molecule has 2 bridgehead atoms. The highest BCUT2D eigenvalue weighted by Gasteiger charge is 2.47. The first kappa shape index (κ1) is 27.8. The fourth-order valence-corrected chi connectivity index (χ4v) is 8.22. The molecule has 4 aromatic heterocycles. The number of hydrogen-bond donors (Lipinski definition) is 1. The fraction of sp³-hybridized carbons (Fsp3) is 0.457. The first-order chi connectivity index (χ1) is 22.6. The number of amides is 1. The summed E-state index contributed by atoms with van der Waals surface area (Å²) < 4.78 is 10.7. The number of pyridine rings is 1. The topological polar surface area (TPSA) is 120 Å². The maximum Gasteiger partial charge on any atom is 0.254 e. The minimum atomic E-state index is 0.0142. The molecule has 1 aromatic carbocycles. The summed E-state index contributed by atoms with van der Waals surface area (Å²) in [7, 11) is 1.69. The van der Waals surface area contributed by atoms with Gasteiger partial charge in [0.15, 0.2) is 5.82 Å². The van der Waals surface area contributed by atoms with E-state index >= 15 is 0 Å². The number of piperidine rings is 1. The Morgan fingerprint density at radius 2 is 1.76 bits per heavy atom. The van der Waals surface area contributed by atoms with Crippen LogP contribution in [0.1, 0.15) is 42.5 Å². The molecule has 4 fully saturated rings. The Balaban J connectivity index is 1.16. The van der Waals surface area contributed by atoms with Gasteiger partial charge in [-0.3, -0.25) is 4.79 Å². The minimum absolute atomic E-state index is 0.0142. The van der Waals surface area contributed by atoms with Gasteiger partial charge in [-0.05, 0) is 86.3 Å². The summed E-state index contributed by atoms with van der Waals surface area (Å²) >= 11 is 0. The number of methoxy groups -OCH3 is 1. The Kier molecular flexibility index (Phi) is 6.52. The maximum atomic E-state index is 14.0. The Morgan fingerprint density at radius 3 is 2.52 bits per heavy atom. The van der Waals surface area contributed by atoms with E-state index in [9.17, 15) is 4.79 Å². The van der Waals surface area contributed by atoms with Gasteiger partial charge in [0.25, 0.3) is 5.91 Å². The summed E-state index contributed by atoms with van der Waals surface area (Å²) in [6.07, 6.45) is 11.0. The molecule has 9 rings (SSSR count). The van der Waals surface area contributed by atoms with E-state index < -0.39 is 0 Å². The van der Waals surface area contributed by atoms with Gasteiger partial charge in [0.1, 0.15) is 16.9 Å². The second-order valence-corrected chi connectivity index (χ2v) is 13.7. The number of ether oxygens (including phenoxy) is 1. The van der Waals surface area contributed by atoms with Crippen molar-refractivity contribution in [3.8, 4) is 17.3 Å². The number of nitrogens with zero attached hydrogens (tertiary/aromatic N) is 8. The van der Waals surface area contributed by atoms with Gasteiger partial charge in [0.05, 0.1) is 18.3 Å². The number of rotatable bonds is 8. The molecule has 4 atom stereocenters. The largest absolute Gasteiger partial charge is 0.494 e. The van der Waals surface area contributed by atoms with Crippen molar-refractivity contribution in [1.82, 2.24) is 34.0 Å². The van der Waals surface area contributed by atoms with E-state index in [1.54, 1.807) is 19.5 Å². The quantitative estimate of drug-likeness (QED) is 0.273. The summed E-state index contributed by atoms with van der Waals surface area (Å²) in [6, 6.07) is 12.2. The van der Waals surface area contributed by atoms with Crippen LogP contribution in [0.3, 0.4) is 0 Å². The number of likely N-dealkylation sites (tertiary alicyclic amines) is 1. The molecule has 4 aliphatic rings.